The van der Waals surface area contributed by atoms with Crippen LogP contribution in [0.5, 0.6) is 5.75 Å². The van der Waals surface area contributed by atoms with Crippen molar-refractivity contribution in [2.24, 2.45) is 0 Å². The van der Waals surface area contributed by atoms with Gasteiger partial charge in [-0.1, -0.05) is 23.7 Å². The number of halogens is 1. The third-order valence-electron chi connectivity index (χ3n) is 5.23. The SMILES string of the molecule is COc1cc(C=O)cc(-c2ccc3nc(-c4cccc(Cl)c4)n(CC(=O)NC(C)C)c(=O)c3n2)c1. The van der Waals surface area contributed by atoms with Gasteiger partial charge in [0.2, 0.25) is 5.91 Å². The average molecular weight is 491 g/mol. The van der Waals surface area contributed by atoms with Gasteiger partial charge < -0.3 is 10.1 Å². The maximum Gasteiger partial charge on any atom is 0.280 e. The molecule has 0 saturated carbocycles. The number of nitrogens with zero attached hydrogens (tertiary/aromatic N) is 3. The minimum absolute atomic E-state index is 0.0916. The Hall–Kier alpha value is -4.04. The fourth-order valence-electron chi connectivity index (χ4n) is 3.72. The second-order valence-corrected chi connectivity index (χ2v) is 8.67. The van der Waals surface area contributed by atoms with Crippen LogP contribution in [0.2, 0.25) is 5.02 Å². The Morgan fingerprint density at radius 2 is 1.91 bits per heavy atom. The number of benzene rings is 2. The Kier molecular flexibility index (Phi) is 6.93. The van der Waals surface area contributed by atoms with Crippen LogP contribution in [0.3, 0.4) is 0 Å². The summed E-state index contributed by atoms with van der Waals surface area (Å²) in [6.07, 6.45) is 0.714. The number of ether oxygens (including phenoxy) is 1. The number of amides is 1. The summed E-state index contributed by atoms with van der Waals surface area (Å²) in [6.45, 7) is 3.45. The van der Waals surface area contributed by atoms with Crippen LogP contribution in [0.25, 0.3) is 33.7 Å². The maximum atomic E-state index is 13.6. The van der Waals surface area contributed by atoms with Crippen LogP contribution in [-0.2, 0) is 11.3 Å². The summed E-state index contributed by atoms with van der Waals surface area (Å²) in [6, 6.07) is 15.2. The monoisotopic (exact) mass is 490 g/mol. The molecule has 178 valence electrons. The molecule has 1 amide bonds. The van der Waals surface area contributed by atoms with Gasteiger partial charge in [0.25, 0.3) is 5.56 Å². The molecule has 0 bridgehead atoms. The quantitative estimate of drug-likeness (QED) is 0.391. The maximum absolute atomic E-state index is 13.6. The van der Waals surface area contributed by atoms with Crippen molar-refractivity contribution in [1.29, 1.82) is 0 Å². The highest BCUT2D eigenvalue weighted by Gasteiger charge is 2.18. The minimum Gasteiger partial charge on any atom is -0.497 e. The number of pyridine rings is 1. The van der Waals surface area contributed by atoms with Gasteiger partial charge in [0.05, 0.1) is 18.3 Å². The van der Waals surface area contributed by atoms with E-state index >= 15 is 0 Å². The number of hydrogen-bond donors (Lipinski definition) is 1. The second kappa shape index (κ2) is 10.1. The molecule has 9 heteroatoms. The smallest absolute Gasteiger partial charge is 0.280 e. The number of rotatable bonds is 7. The number of fused-ring (bicyclic) bond motifs is 1. The molecule has 0 aliphatic rings. The zero-order chi connectivity index (χ0) is 25.1. The number of aldehydes is 1. The van der Waals surface area contributed by atoms with Gasteiger partial charge in [-0.15, -0.1) is 0 Å². The normalized spacial score (nSPS) is 11.0. The molecule has 0 aliphatic carbocycles. The van der Waals surface area contributed by atoms with E-state index in [-0.39, 0.29) is 24.0 Å². The molecular formula is C26H23ClN4O4. The number of nitrogens with one attached hydrogen (secondary N) is 1. The molecule has 0 unspecified atom stereocenters. The highest BCUT2D eigenvalue weighted by atomic mass is 35.5. The minimum atomic E-state index is -0.468. The predicted octanol–water partition coefficient (Wildman–Crippen LogP) is 4.12. The molecule has 1 N–H and O–H groups in total. The first-order valence-corrected chi connectivity index (χ1v) is 11.3. The van der Waals surface area contributed by atoms with E-state index in [2.05, 4.69) is 15.3 Å². The second-order valence-electron chi connectivity index (χ2n) is 8.24. The molecule has 35 heavy (non-hydrogen) atoms. The standard InChI is InChI=1S/C26H23ClN4O4/c1-15(2)28-23(33)13-31-25(17-5-4-6-19(27)11-17)30-22-8-7-21(29-24(22)26(31)34)18-9-16(14-32)10-20(12-18)35-3/h4-12,14-15H,13H2,1-3H3,(H,28,33). The lowest BCUT2D eigenvalue weighted by Crippen LogP contribution is -2.37. The third-order valence-corrected chi connectivity index (χ3v) is 5.47. The van der Waals surface area contributed by atoms with Crippen LogP contribution < -0.4 is 15.6 Å². The van der Waals surface area contributed by atoms with Crippen molar-refractivity contribution >= 4 is 34.8 Å². The first-order valence-electron chi connectivity index (χ1n) is 10.9. The van der Waals surface area contributed by atoms with Gasteiger partial charge in [-0.3, -0.25) is 19.0 Å². The zero-order valence-electron chi connectivity index (χ0n) is 19.4. The van der Waals surface area contributed by atoms with E-state index in [1.54, 1.807) is 54.6 Å². The van der Waals surface area contributed by atoms with E-state index in [4.69, 9.17) is 16.3 Å². The molecule has 0 aliphatic heterocycles. The molecule has 2 aromatic carbocycles. The summed E-state index contributed by atoms with van der Waals surface area (Å²) >= 11 is 6.18. The summed E-state index contributed by atoms with van der Waals surface area (Å²) in [7, 11) is 1.50. The molecule has 0 fully saturated rings. The lowest BCUT2D eigenvalue weighted by Gasteiger charge is -2.15. The Morgan fingerprint density at radius 1 is 1.11 bits per heavy atom. The summed E-state index contributed by atoms with van der Waals surface area (Å²) in [5.74, 6) is 0.470. The highest BCUT2D eigenvalue weighted by molar-refractivity contribution is 6.30. The van der Waals surface area contributed by atoms with Gasteiger partial charge in [0.1, 0.15) is 24.4 Å². The third kappa shape index (κ3) is 5.22. The predicted molar refractivity (Wildman–Crippen MR) is 135 cm³/mol. The van der Waals surface area contributed by atoms with Crippen molar-refractivity contribution < 1.29 is 14.3 Å². The van der Waals surface area contributed by atoms with E-state index in [1.165, 1.54) is 11.7 Å². The van der Waals surface area contributed by atoms with Crippen molar-refractivity contribution in [2.75, 3.05) is 7.11 Å². The van der Waals surface area contributed by atoms with E-state index in [0.717, 1.165) is 0 Å². The van der Waals surface area contributed by atoms with E-state index in [1.807, 2.05) is 13.8 Å². The molecule has 8 nitrogen and oxygen atoms in total. The van der Waals surface area contributed by atoms with Gasteiger partial charge >= 0.3 is 0 Å². The van der Waals surface area contributed by atoms with Crippen LogP contribution in [0.15, 0.2) is 59.4 Å². The Morgan fingerprint density at radius 3 is 2.60 bits per heavy atom. The van der Waals surface area contributed by atoms with Gasteiger partial charge in [-0.2, -0.15) is 0 Å². The molecule has 2 aromatic heterocycles. The Bertz CT molecular complexity index is 1500. The lowest BCUT2D eigenvalue weighted by molar-refractivity contribution is -0.122. The number of methoxy groups -OCH3 is 1. The van der Waals surface area contributed by atoms with Gasteiger partial charge in [0.15, 0.2) is 5.52 Å². The summed E-state index contributed by atoms with van der Waals surface area (Å²) in [5, 5.41) is 3.28. The van der Waals surface area contributed by atoms with Crippen LogP contribution in [0.4, 0.5) is 0 Å². The van der Waals surface area contributed by atoms with Crippen molar-refractivity contribution in [2.45, 2.75) is 26.4 Å². The molecule has 0 spiro atoms. The number of aromatic nitrogens is 3. The number of hydrogen-bond acceptors (Lipinski definition) is 6. The molecular weight excluding hydrogens is 468 g/mol. The first-order chi connectivity index (χ1) is 16.8. The van der Waals surface area contributed by atoms with Crippen molar-refractivity contribution in [3.8, 4) is 28.4 Å². The van der Waals surface area contributed by atoms with Crippen molar-refractivity contribution in [3.05, 3.63) is 75.5 Å². The van der Waals surface area contributed by atoms with Gasteiger partial charge in [-0.05, 0) is 56.3 Å². The fourth-order valence-corrected chi connectivity index (χ4v) is 3.91. The fraction of sp³-hybridized carbons (Fsp3) is 0.192. The molecule has 0 atom stereocenters. The number of carbonyl (C=O) groups excluding carboxylic acids is 2. The van der Waals surface area contributed by atoms with E-state index < -0.39 is 5.56 Å². The summed E-state index contributed by atoms with van der Waals surface area (Å²) in [5.41, 5.74) is 2.08. The van der Waals surface area contributed by atoms with Crippen LogP contribution in [0.1, 0.15) is 24.2 Å². The zero-order valence-corrected chi connectivity index (χ0v) is 20.2. The molecule has 4 rings (SSSR count). The molecule has 0 radical (unpaired) electrons. The van der Waals surface area contributed by atoms with Crippen molar-refractivity contribution in [3.63, 3.8) is 0 Å². The van der Waals surface area contributed by atoms with Crippen molar-refractivity contribution in [1.82, 2.24) is 19.9 Å². The molecule has 0 saturated heterocycles. The van der Waals surface area contributed by atoms with Gasteiger partial charge in [0, 0.05) is 27.8 Å². The lowest BCUT2D eigenvalue weighted by atomic mass is 10.1. The van der Waals surface area contributed by atoms with Crippen LogP contribution in [-0.4, -0.2) is 39.9 Å². The number of carbonyl (C=O) groups is 2. The Labute approximate surface area is 206 Å². The molecule has 4 aromatic rings. The summed E-state index contributed by atoms with van der Waals surface area (Å²) in [4.78, 5) is 46.8. The van der Waals surface area contributed by atoms with E-state index in [0.29, 0.717) is 50.8 Å². The largest absolute Gasteiger partial charge is 0.497 e. The average Bonchev–Trinajstić information content (AvgIpc) is 2.84. The highest BCUT2D eigenvalue weighted by Crippen LogP contribution is 2.27. The van der Waals surface area contributed by atoms with E-state index in [9.17, 15) is 14.4 Å². The summed E-state index contributed by atoms with van der Waals surface area (Å²) < 4.78 is 6.58. The Balaban J connectivity index is 1.92. The molecule has 2 heterocycles. The van der Waals surface area contributed by atoms with Crippen LogP contribution >= 0.6 is 11.6 Å². The topological polar surface area (TPSA) is 103 Å². The first kappa shape index (κ1) is 24.1. The van der Waals surface area contributed by atoms with Crippen LogP contribution in [0, 0.1) is 0 Å². The van der Waals surface area contributed by atoms with Gasteiger partial charge in [-0.25, -0.2) is 9.97 Å².